The molecular weight excluding hydrogens is 560 g/mol. The molecule has 3 aromatic carbocycles. The van der Waals surface area contributed by atoms with Gasteiger partial charge in [0.05, 0.1) is 35.1 Å². The number of halogens is 1. The largest absolute Gasteiger partial charge is 0.490 e. The molecule has 0 aliphatic carbocycles. The first kappa shape index (κ1) is 28.4. The number of thiazole rings is 1. The molecule has 0 N–H and O–H groups in total. The van der Waals surface area contributed by atoms with Crippen LogP contribution in [-0.4, -0.2) is 23.8 Å². The number of esters is 1. The van der Waals surface area contributed by atoms with E-state index in [0.717, 1.165) is 16.7 Å². The lowest BCUT2D eigenvalue weighted by Crippen LogP contribution is -2.39. The Morgan fingerprint density at radius 2 is 1.76 bits per heavy atom. The molecule has 210 valence electrons. The van der Waals surface area contributed by atoms with Gasteiger partial charge in [0.15, 0.2) is 16.3 Å². The van der Waals surface area contributed by atoms with Crippen molar-refractivity contribution < 1.29 is 19.0 Å². The number of ether oxygens (including phenoxy) is 3. The summed E-state index contributed by atoms with van der Waals surface area (Å²) < 4.78 is 19.3. The first-order valence-corrected chi connectivity index (χ1v) is 14.5. The number of carbonyl (C=O) groups is 1. The van der Waals surface area contributed by atoms with E-state index in [4.69, 9.17) is 25.8 Å². The Labute approximate surface area is 246 Å². The second-order valence-electron chi connectivity index (χ2n) is 9.27. The van der Waals surface area contributed by atoms with Crippen molar-refractivity contribution in [1.29, 1.82) is 0 Å². The summed E-state index contributed by atoms with van der Waals surface area (Å²) in [7, 11) is 0. The van der Waals surface area contributed by atoms with Crippen LogP contribution in [0.25, 0.3) is 6.08 Å². The van der Waals surface area contributed by atoms with Crippen LogP contribution in [0.15, 0.2) is 93.9 Å². The molecule has 0 fully saturated rings. The molecule has 0 radical (unpaired) electrons. The molecule has 7 nitrogen and oxygen atoms in total. The molecule has 0 unspecified atom stereocenters. The minimum Gasteiger partial charge on any atom is -0.490 e. The molecule has 0 spiro atoms. The van der Waals surface area contributed by atoms with E-state index in [1.807, 2.05) is 79.7 Å². The average molecular weight is 589 g/mol. The van der Waals surface area contributed by atoms with Crippen molar-refractivity contribution in [3.8, 4) is 11.5 Å². The second kappa shape index (κ2) is 12.6. The number of carbonyl (C=O) groups excluding carboxylic acids is 1. The molecule has 41 heavy (non-hydrogen) atoms. The molecule has 9 heteroatoms. The van der Waals surface area contributed by atoms with E-state index in [9.17, 15) is 9.59 Å². The van der Waals surface area contributed by atoms with Gasteiger partial charge in [-0.15, -0.1) is 0 Å². The van der Waals surface area contributed by atoms with Crippen LogP contribution in [0, 0.1) is 0 Å². The average Bonchev–Trinajstić information content (AvgIpc) is 3.27. The Bertz CT molecular complexity index is 1780. The van der Waals surface area contributed by atoms with Crippen LogP contribution in [0.2, 0.25) is 5.02 Å². The lowest BCUT2D eigenvalue weighted by Gasteiger charge is -2.24. The highest BCUT2D eigenvalue weighted by Gasteiger charge is 2.33. The number of nitrogens with zero attached hydrogens (tertiary/aromatic N) is 2. The SMILES string of the molecule is CCOC(=O)C1=C(C)N=c2s/c(=C/c3ccc(OCc4ccc(Cl)cc4)c(OCC)c3)c(=O)n2[C@H]1c1ccccc1. The number of benzene rings is 3. The van der Waals surface area contributed by atoms with Crippen molar-refractivity contribution in [2.24, 2.45) is 4.99 Å². The smallest absolute Gasteiger partial charge is 0.338 e. The summed E-state index contributed by atoms with van der Waals surface area (Å²) in [6.07, 6.45) is 1.81. The van der Waals surface area contributed by atoms with Crippen molar-refractivity contribution in [2.45, 2.75) is 33.4 Å². The lowest BCUT2D eigenvalue weighted by molar-refractivity contribution is -0.139. The Morgan fingerprint density at radius 1 is 1.00 bits per heavy atom. The molecule has 2 heterocycles. The van der Waals surface area contributed by atoms with Crippen LogP contribution in [0.4, 0.5) is 0 Å². The number of aromatic nitrogens is 1. The standard InChI is InChI=1S/C32H29ClN2O5S/c1-4-38-26-17-22(13-16-25(26)40-19-21-11-14-24(33)15-12-21)18-27-30(36)35-29(23-9-7-6-8-10-23)28(31(37)39-5-2)20(3)34-32(35)41-27/h6-18,29H,4-5,19H2,1-3H3/b27-18+/t29-/m0/s1. The Balaban J connectivity index is 1.53. The lowest BCUT2D eigenvalue weighted by atomic mass is 9.96. The van der Waals surface area contributed by atoms with Crippen LogP contribution in [0.3, 0.4) is 0 Å². The van der Waals surface area contributed by atoms with Gasteiger partial charge in [-0.25, -0.2) is 9.79 Å². The molecule has 0 amide bonds. The van der Waals surface area contributed by atoms with E-state index in [-0.39, 0.29) is 12.2 Å². The highest BCUT2D eigenvalue weighted by Crippen LogP contribution is 2.31. The number of hydrogen-bond acceptors (Lipinski definition) is 7. The van der Waals surface area contributed by atoms with Crippen LogP contribution >= 0.6 is 22.9 Å². The zero-order valence-electron chi connectivity index (χ0n) is 22.9. The summed E-state index contributed by atoms with van der Waals surface area (Å²) in [5.74, 6) is 0.692. The molecule has 1 aliphatic rings. The van der Waals surface area contributed by atoms with Gasteiger partial charge in [-0.1, -0.05) is 71.5 Å². The summed E-state index contributed by atoms with van der Waals surface area (Å²) in [6.45, 7) is 6.47. The Hall–Kier alpha value is -4.14. The summed E-state index contributed by atoms with van der Waals surface area (Å²) in [5, 5.41) is 0.667. The maximum Gasteiger partial charge on any atom is 0.338 e. The van der Waals surface area contributed by atoms with Crippen molar-refractivity contribution in [3.63, 3.8) is 0 Å². The molecule has 0 bridgehead atoms. The van der Waals surface area contributed by atoms with Crippen LogP contribution in [0.1, 0.15) is 43.5 Å². The predicted octanol–water partition coefficient (Wildman–Crippen LogP) is 5.43. The van der Waals surface area contributed by atoms with Gasteiger partial charge in [-0.05, 0) is 67.8 Å². The van der Waals surface area contributed by atoms with Gasteiger partial charge >= 0.3 is 5.97 Å². The number of allylic oxidation sites excluding steroid dienone is 1. The molecular formula is C32H29ClN2O5S. The Kier molecular flexibility index (Phi) is 8.71. The van der Waals surface area contributed by atoms with Crippen molar-refractivity contribution in [1.82, 2.24) is 4.57 Å². The highest BCUT2D eigenvalue weighted by atomic mass is 35.5. The third kappa shape index (κ3) is 6.14. The third-order valence-corrected chi connectivity index (χ3v) is 7.74. The number of hydrogen-bond donors (Lipinski definition) is 0. The molecule has 0 saturated carbocycles. The number of rotatable bonds is 9. The molecule has 1 aliphatic heterocycles. The molecule has 4 aromatic rings. The topological polar surface area (TPSA) is 79.1 Å². The maximum absolute atomic E-state index is 13.8. The monoisotopic (exact) mass is 588 g/mol. The predicted molar refractivity (Wildman–Crippen MR) is 160 cm³/mol. The zero-order chi connectivity index (χ0) is 28.9. The fourth-order valence-electron chi connectivity index (χ4n) is 4.64. The van der Waals surface area contributed by atoms with E-state index < -0.39 is 12.0 Å². The molecule has 0 saturated heterocycles. The maximum atomic E-state index is 13.8. The molecule has 1 aromatic heterocycles. The number of fused-ring (bicyclic) bond motifs is 1. The first-order chi connectivity index (χ1) is 19.9. The minimum absolute atomic E-state index is 0.225. The van der Waals surface area contributed by atoms with Gasteiger partial charge in [0.1, 0.15) is 6.61 Å². The van der Waals surface area contributed by atoms with Crippen LogP contribution in [0.5, 0.6) is 11.5 Å². The van der Waals surface area contributed by atoms with Gasteiger partial charge in [0, 0.05) is 5.02 Å². The summed E-state index contributed by atoms with van der Waals surface area (Å²) in [4.78, 5) is 32.0. The van der Waals surface area contributed by atoms with E-state index >= 15 is 0 Å². The van der Waals surface area contributed by atoms with Gasteiger partial charge in [0.25, 0.3) is 5.56 Å². The molecule has 5 rings (SSSR count). The van der Waals surface area contributed by atoms with Gasteiger partial charge < -0.3 is 14.2 Å². The van der Waals surface area contributed by atoms with Crippen molar-refractivity contribution >= 4 is 35.0 Å². The van der Waals surface area contributed by atoms with Crippen molar-refractivity contribution in [2.75, 3.05) is 13.2 Å². The quantitative estimate of drug-likeness (QED) is 0.244. The van der Waals surface area contributed by atoms with E-state index in [1.165, 1.54) is 11.3 Å². The van der Waals surface area contributed by atoms with Gasteiger partial charge in [-0.3, -0.25) is 9.36 Å². The minimum atomic E-state index is -0.642. The van der Waals surface area contributed by atoms with Gasteiger partial charge in [0.2, 0.25) is 0 Å². The summed E-state index contributed by atoms with van der Waals surface area (Å²) in [5.41, 5.74) is 3.21. The zero-order valence-corrected chi connectivity index (χ0v) is 24.5. The second-order valence-corrected chi connectivity index (χ2v) is 10.7. The fraction of sp³-hybridized carbons (Fsp3) is 0.219. The van der Waals surface area contributed by atoms with E-state index in [0.29, 0.717) is 50.3 Å². The van der Waals surface area contributed by atoms with Crippen LogP contribution < -0.4 is 24.4 Å². The van der Waals surface area contributed by atoms with Crippen molar-refractivity contribution in [3.05, 3.63) is 125 Å². The van der Waals surface area contributed by atoms with E-state index in [2.05, 4.69) is 4.99 Å². The van der Waals surface area contributed by atoms with Crippen LogP contribution in [-0.2, 0) is 16.1 Å². The highest BCUT2D eigenvalue weighted by molar-refractivity contribution is 7.07. The first-order valence-electron chi connectivity index (χ1n) is 13.3. The molecule has 1 atom stereocenters. The summed E-state index contributed by atoms with van der Waals surface area (Å²) in [6, 6.07) is 21.8. The van der Waals surface area contributed by atoms with Gasteiger partial charge in [-0.2, -0.15) is 0 Å². The fourth-order valence-corrected chi connectivity index (χ4v) is 5.81. The van der Waals surface area contributed by atoms with E-state index in [1.54, 1.807) is 24.5 Å². The third-order valence-electron chi connectivity index (χ3n) is 6.51. The Morgan fingerprint density at radius 3 is 2.46 bits per heavy atom. The normalized spacial score (nSPS) is 14.8. The summed E-state index contributed by atoms with van der Waals surface area (Å²) >= 11 is 7.26.